The highest BCUT2D eigenvalue weighted by molar-refractivity contribution is 5.92. The third-order valence-corrected chi connectivity index (χ3v) is 4.92. The van der Waals surface area contributed by atoms with Crippen LogP contribution in [-0.2, 0) is 6.54 Å². The molecule has 0 aliphatic heterocycles. The monoisotopic (exact) mass is 493 g/mol. The average molecular weight is 493 g/mol. The second-order valence-electron chi connectivity index (χ2n) is 7.31. The Balaban J connectivity index is 1.54. The first-order chi connectivity index (χ1) is 17.1. The smallest absolute Gasteiger partial charge is 0.360 e. The summed E-state index contributed by atoms with van der Waals surface area (Å²) in [6, 6.07) is 7.19. The summed E-state index contributed by atoms with van der Waals surface area (Å²) in [5.74, 6) is -2.60. The van der Waals surface area contributed by atoms with E-state index in [9.17, 15) is 29.3 Å². The van der Waals surface area contributed by atoms with Crippen LogP contribution in [-0.4, -0.2) is 53.0 Å². The molecule has 0 aliphatic carbocycles. The number of benzene rings is 2. The first kappa shape index (κ1) is 23.6. The molecule has 0 bridgehead atoms. The maximum atomic E-state index is 12.1. The fourth-order valence-corrected chi connectivity index (χ4v) is 3.24. The molecular formula is C21H15N7O8. The van der Waals surface area contributed by atoms with Gasteiger partial charge in [0.2, 0.25) is 5.69 Å². The van der Waals surface area contributed by atoms with Crippen LogP contribution in [0.2, 0.25) is 0 Å². The first-order valence-corrected chi connectivity index (χ1v) is 10.0. The molecule has 0 fully saturated rings. The van der Waals surface area contributed by atoms with Crippen molar-refractivity contribution in [2.75, 3.05) is 5.32 Å². The van der Waals surface area contributed by atoms with Gasteiger partial charge in [0, 0.05) is 11.8 Å². The summed E-state index contributed by atoms with van der Waals surface area (Å²) in [6.45, 7) is -0.0395. The lowest BCUT2D eigenvalue weighted by Gasteiger charge is -2.07. The van der Waals surface area contributed by atoms with Gasteiger partial charge in [-0.15, -0.1) is 0 Å². The third-order valence-electron chi connectivity index (χ3n) is 4.92. The number of nitrogens with one attached hydrogen (secondary N) is 4. The molecule has 4 aromatic rings. The number of fused-ring (bicyclic) bond motifs is 1. The van der Waals surface area contributed by atoms with Gasteiger partial charge >= 0.3 is 18.0 Å². The van der Waals surface area contributed by atoms with E-state index in [1.54, 1.807) is 0 Å². The number of rotatable bonds is 7. The van der Waals surface area contributed by atoms with Gasteiger partial charge in [-0.2, -0.15) is 0 Å². The number of nitro groups is 1. The molecule has 0 radical (unpaired) electrons. The van der Waals surface area contributed by atoms with E-state index < -0.39 is 39.8 Å². The number of aromatic nitrogens is 4. The van der Waals surface area contributed by atoms with Crippen LogP contribution in [0.4, 0.5) is 16.2 Å². The van der Waals surface area contributed by atoms with E-state index in [0.717, 1.165) is 6.07 Å². The van der Waals surface area contributed by atoms with Crippen molar-refractivity contribution < 1.29 is 29.5 Å². The molecule has 182 valence electrons. The summed E-state index contributed by atoms with van der Waals surface area (Å²) in [7, 11) is 0. The van der Waals surface area contributed by atoms with Crippen LogP contribution in [0, 0.1) is 10.1 Å². The SMILES string of the molecule is O=C(NCc1cnc(-c2cc3nc(C(=O)O)c(=O)[nH]c3cc2[N+](=O)[O-])[nH]1)Nc1ccc(C(=O)O)cc1. The van der Waals surface area contributed by atoms with Crippen molar-refractivity contribution in [3.8, 4) is 11.4 Å². The minimum atomic E-state index is -1.56. The van der Waals surface area contributed by atoms with Gasteiger partial charge in [-0.3, -0.25) is 14.9 Å². The molecule has 15 nitrogen and oxygen atoms in total. The lowest BCUT2D eigenvalue weighted by Crippen LogP contribution is -2.28. The maximum absolute atomic E-state index is 12.1. The number of carboxylic acids is 2. The summed E-state index contributed by atoms with van der Waals surface area (Å²) in [5, 5.41) is 34.7. The molecule has 4 rings (SSSR count). The summed E-state index contributed by atoms with van der Waals surface area (Å²) >= 11 is 0. The van der Waals surface area contributed by atoms with E-state index in [-0.39, 0.29) is 34.5 Å². The number of amides is 2. The van der Waals surface area contributed by atoms with Crippen molar-refractivity contribution >= 4 is 40.4 Å². The van der Waals surface area contributed by atoms with Crippen LogP contribution in [0.15, 0.2) is 47.4 Å². The van der Waals surface area contributed by atoms with Crippen LogP contribution in [0.25, 0.3) is 22.4 Å². The summed E-state index contributed by atoms with van der Waals surface area (Å²) in [4.78, 5) is 70.0. The molecule has 15 heteroatoms. The number of carbonyl (C=O) groups is 3. The molecular weight excluding hydrogens is 478 g/mol. The number of carboxylic acid groups (broad SMARTS) is 2. The number of imidazole rings is 1. The van der Waals surface area contributed by atoms with E-state index in [1.165, 1.54) is 36.5 Å². The van der Waals surface area contributed by atoms with Crippen molar-refractivity contribution in [3.63, 3.8) is 0 Å². The van der Waals surface area contributed by atoms with Crippen molar-refractivity contribution in [1.29, 1.82) is 0 Å². The zero-order chi connectivity index (χ0) is 26.0. The van der Waals surface area contributed by atoms with E-state index in [1.807, 2.05) is 0 Å². The Morgan fingerprint density at radius 1 is 1.06 bits per heavy atom. The van der Waals surface area contributed by atoms with Gasteiger partial charge in [0.1, 0.15) is 5.82 Å². The quantitative estimate of drug-likeness (QED) is 0.162. The van der Waals surface area contributed by atoms with Crippen LogP contribution in [0.5, 0.6) is 0 Å². The molecule has 0 saturated heterocycles. The molecule has 0 unspecified atom stereocenters. The number of aromatic amines is 2. The largest absolute Gasteiger partial charge is 0.478 e. The predicted octanol–water partition coefficient (Wildman–Crippen LogP) is 1.94. The molecule has 2 amide bonds. The van der Waals surface area contributed by atoms with Crippen molar-refractivity contribution in [2.45, 2.75) is 6.54 Å². The highest BCUT2D eigenvalue weighted by Crippen LogP contribution is 2.31. The molecule has 0 atom stereocenters. The summed E-state index contributed by atoms with van der Waals surface area (Å²) in [5.41, 5.74) is -1.42. The number of aromatic carboxylic acids is 2. The number of nitro benzene ring substituents is 1. The minimum absolute atomic E-state index is 0.00281. The Kier molecular flexibility index (Phi) is 6.11. The number of anilines is 1. The number of nitrogens with zero attached hydrogens (tertiary/aromatic N) is 3. The van der Waals surface area contributed by atoms with Gasteiger partial charge < -0.3 is 30.8 Å². The molecule has 0 aliphatic rings. The van der Waals surface area contributed by atoms with Crippen molar-refractivity contribution in [2.24, 2.45) is 0 Å². The minimum Gasteiger partial charge on any atom is -0.478 e. The van der Waals surface area contributed by atoms with Gasteiger partial charge in [0.05, 0.1) is 45.5 Å². The average Bonchev–Trinajstić information content (AvgIpc) is 3.30. The zero-order valence-electron chi connectivity index (χ0n) is 17.9. The number of H-pyrrole nitrogens is 2. The van der Waals surface area contributed by atoms with Crippen molar-refractivity contribution in [1.82, 2.24) is 25.3 Å². The maximum Gasteiger partial charge on any atom is 0.360 e. The zero-order valence-corrected chi connectivity index (χ0v) is 17.9. The predicted molar refractivity (Wildman–Crippen MR) is 123 cm³/mol. The van der Waals surface area contributed by atoms with Gasteiger partial charge in [0.25, 0.3) is 11.2 Å². The van der Waals surface area contributed by atoms with Gasteiger partial charge in [-0.25, -0.2) is 24.4 Å². The molecule has 2 aromatic heterocycles. The highest BCUT2D eigenvalue weighted by atomic mass is 16.6. The second kappa shape index (κ2) is 9.34. The van der Waals surface area contributed by atoms with E-state index in [0.29, 0.717) is 11.4 Å². The Hall–Kier alpha value is -5.60. The van der Waals surface area contributed by atoms with Gasteiger partial charge in [-0.1, -0.05) is 0 Å². The van der Waals surface area contributed by atoms with Crippen molar-refractivity contribution in [3.05, 3.63) is 80.0 Å². The fourth-order valence-electron chi connectivity index (χ4n) is 3.24. The molecule has 2 aromatic carbocycles. The number of hydrogen-bond donors (Lipinski definition) is 6. The Morgan fingerprint density at radius 3 is 2.42 bits per heavy atom. The molecule has 0 saturated carbocycles. The van der Waals surface area contributed by atoms with E-state index >= 15 is 0 Å². The lowest BCUT2D eigenvalue weighted by molar-refractivity contribution is -0.384. The first-order valence-electron chi connectivity index (χ1n) is 10.0. The number of hydrogen-bond acceptors (Lipinski definition) is 8. The number of urea groups is 1. The topological polar surface area (TPSA) is 233 Å². The van der Waals surface area contributed by atoms with Gasteiger partial charge in [0.15, 0.2) is 0 Å². The van der Waals surface area contributed by atoms with E-state index in [4.69, 9.17) is 10.2 Å². The van der Waals surface area contributed by atoms with Crippen LogP contribution < -0.4 is 16.2 Å². The summed E-state index contributed by atoms with van der Waals surface area (Å²) < 4.78 is 0. The molecule has 0 spiro atoms. The Labute approximate surface area is 199 Å². The molecule has 2 heterocycles. The molecule has 6 N–H and O–H groups in total. The Morgan fingerprint density at radius 2 is 1.78 bits per heavy atom. The van der Waals surface area contributed by atoms with Crippen LogP contribution in [0.1, 0.15) is 26.5 Å². The normalized spacial score (nSPS) is 10.7. The van der Waals surface area contributed by atoms with E-state index in [2.05, 4.69) is 30.6 Å². The molecule has 36 heavy (non-hydrogen) atoms. The third kappa shape index (κ3) is 4.84. The Bertz CT molecular complexity index is 1590. The van der Waals surface area contributed by atoms with Gasteiger partial charge in [-0.05, 0) is 30.3 Å². The lowest BCUT2D eigenvalue weighted by atomic mass is 10.1. The highest BCUT2D eigenvalue weighted by Gasteiger charge is 2.22. The van der Waals surface area contributed by atoms with Crippen LogP contribution >= 0.6 is 0 Å². The summed E-state index contributed by atoms with van der Waals surface area (Å²) in [6.07, 6.45) is 1.34. The van der Waals surface area contributed by atoms with Crippen LogP contribution in [0.3, 0.4) is 0 Å². The standard InChI is InChI=1S/C21H15N7O8/c29-18-16(20(32)33)26-13-5-12(15(28(35)36)6-14(13)27-18)17-22-7-11(24-17)8-23-21(34)25-10-3-1-9(2-4-10)19(30)31/h1-7H,8H2,(H,22,24)(H,27,29)(H,30,31)(H,32,33)(H2,23,25,34). The fraction of sp³-hybridized carbons (Fsp3) is 0.0476. The number of carbonyl (C=O) groups excluding carboxylic acids is 1. The second-order valence-corrected chi connectivity index (χ2v) is 7.31.